The molecule has 0 spiro atoms. The lowest BCUT2D eigenvalue weighted by molar-refractivity contribution is 0.0528. The number of hydrogen-bond donors (Lipinski definition) is 0. The van der Waals surface area contributed by atoms with Gasteiger partial charge in [0.25, 0.3) is 0 Å². The van der Waals surface area contributed by atoms with Crippen molar-refractivity contribution in [1.82, 2.24) is 0 Å². The van der Waals surface area contributed by atoms with Gasteiger partial charge in [0.1, 0.15) is 22.7 Å². The average Bonchev–Trinajstić information content (AvgIpc) is 2.91. The van der Waals surface area contributed by atoms with E-state index in [1.807, 2.05) is 6.07 Å². The number of carbonyl (C=O) groups is 1. The molecule has 30 heavy (non-hydrogen) atoms. The normalized spacial score (nSPS) is 14.4. The van der Waals surface area contributed by atoms with Gasteiger partial charge >= 0.3 is 5.97 Å². The highest BCUT2D eigenvalue weighted by atomic mass is 32.2. The fourth-order valence-corrected chi connectivity index (χ4v) is 4.84. The molecule has 8 heteroatoms. The molecule has 0 amide bonds. The third kappa shape index (κ3) is 3.67. The molecule has 1 aliphatic rings. The largest absolute Gasteiger partial charge is 0.462 e. The average molecular weight is 431 g/mol. The zero-order valence-electron chi connectivity index (χ0n) is 16.8. The number of anilines is 1. The number of nitrogens with zero attached hydrogens (tertiary/aromatic N) is 1. The number of benzene rings is 2. The molecule has 0 saturated carbocycles. The molecule has 0 atom stereocenters. The molecule has 0 unspecified atom stereocenters. The Labute approximate surface area is 174 Å². The number of ether oxygens (including phenoxy) is 1. The number of rotatable bonds is 4. The minimum atomic E-state index is -3.46. The highest BCUT2D eigenvalue weighted by molar-refractivity contribution is 7.92. The van der Waals surface area contributed by atoms with Gasteiger partial charge in [0, 0.05) is 23.6 Å². The number of esters is 1. The first-order chi connectivity index (χ1) is 14.3. The van der Waals surface area contributed by atoms with Crippen molar-refractivity contribution in [2.24, 2.45) is 0 Å². The summed E-state index contributed by atoms with van der Waals surface area (Å²) in [4.78, 5) is 12.8. The van der Waals surface area contributed by atoms with E-state index in [0.717, 1.165) is 18.4 Å². The Kier molecular flexibility index (Phi) is 5.27. The molecule has 6 nitrogen and oxygen atoms in total. The van der Waals surface area contributed by atoms with E-state index >= 15 is 0 Å². The minimum Gasteiger partial charge on any atom is -0.462 e. The number of sulfonamides is 1. The SMILES string of the molecule is CCOC(=O)c1c(-c2ccc(F)cc2)oc2cc3c(cc12)CCCCN3S(C)(=O)=O. The van der Waals surface area contributed by atoms with Crippen LogP contribution in [0.1, 0.15) is 35.7 Å². The van der Waals surface area contributed by atoms with E-state index in [9.17, 15) is 17.6 Å². The Morgan fingerprint density at radius 2 is 1.93 bits per heavy atom. The zero-order valence-corrected chi connectivity index (χ0v) is 17.6. The Balaban J connectivity index is 1.98. The molecular formula is C22H22FNO5S. The van der Waals surface area contributed by atoms with E-state index in [1.54, 1.807) is 13.0 Å². The van der Waals surface area contributed by atoms with Gasteiger partial charge in [0.2, 0.25) is 10.0 Å². The van der Waals surface area contributed by atoms with Crippen molar-refractivity contribution >= 4 is 32.6 Å². The maximum atomic E-state index is 13.4. The lowest BCUT2D eigenvalue weighted by Crippen LogP contribution is -2.30. The molecule has 0 aliphatic carbocycles. The van der Waals surface area contributed by atoms with Gasteiger partial charge in [-0.3, -0.25) is 4.31 Å². The molecule has 2 aromatic carbocycles. The van der Waals surface area contributed by atoms with Gasteiger partial charge in [-0.1, -0.05) is 0 Å². The summed E-state index contributed by atoms with van der Waals surface area (Å²) in [6.45, 7) is 2.31. The molecule has 4 rings (SSSR count). The summed E-state index contributed by atoms with van der Waals surface area (Å²) in [5.41, 5.74) is 2.58. The summed E-state index contributed by atoms with van der Waals surface area (Å²) in [5.74, 6) is -0.665. The first kappa shape index (κ1) is 20.4. The number of carbonyl (C=O) groups excluding carboxylic acids is 1. The van der Waals surface area contributed by atoms with Crippen LogP contribution in [0.5, 0.6) is 0 Å². The zero-order chi connectivity index (χ0) is 21.5. The van der Waals surface area contributed by atoms with Crippen LogP contribution in [0.2, 0.25) is 0 Å². The smallest absolute Gasteiger partial charge is 0.342 e. The monoisotopic (exact) mass is 431 g/mol. The van der Waals surface area contributed by atoms with Crippen molar-refractivity contribution in [3.05, 3.63) is 53.3 Å². The van der Waals surface area contributed by atoms with E-state index in [1.165, 1.54) is 34.8 Å². The van der Waals surface area contributed by atoms with Gasteiger partial charge in [0.15, 0.2) is 0 Å². The molecule has 158 valence electrons. The van der Waals surface area contributed by atoms with Gasteiger partial charge in [-0.25, -0.2) is 17.6 Å². The van der Waals surface area contributed by atoms with Crippen LogP contribution in [0.4, 0.5) is 10.1 Å². The lowest BCUT2D eigenvalue weighted by atomic mass is 10.0. The number of fused-ring (bicyclic) bond motifs is 2. The number of hydrogen-bond acceptors (Lipinski definition) is 5. The molecule has 3 aromatic rings. The Hall–Kier alpha value is -2.87. The van der Waals surface area contributed by atoms with Crippen molar-refractivity contribution in [3.63, 3.8) is 0 Å². The van der Waals surface area contributed by atoms with Crippen LogP contribution in [0.15, 0.2) is 40.8 Å². The van der Waals surface area contributed by atoms with Gasteiger partial charge in [-0.2, -0.15) is 0 Å². The van der Waals surface area contributed by atoms with Crippen molar-refractivity contribution in [1.29, 1.82) is 0 Å². The van der Waals surface area contributed by atoms with Crippen molar-refractivity contribution < 1.29 is 26.8 Å². The Bertz CT molecular complexity index is 1210. The topological polar surface area (TPSA) is 76.8 Å². The second-order valence-electron chi connectivity index (χ2n) is 7.30. The number of halogens is 1. The summed E-state index contributed by atoms with van der Waals surface area (Å²) >= 11 is 0. The van der Waals surface area contributed by atoms with Crippen LogP contribution >= 0.6 is 0 Å². The van der Waals surface area contributed by atoms with E-state index in [4.69, 9.17) is 9.15 Å². The summed E-state index contributed by atoms with van der Waals surface area (Å²) in [7, 11) is -3.46. The van der Waals surface area contributed by atoms with Crippen molar-refractivity contribution in [2.45, 2.75) is 26.2 Å². The number of aryl methyl sites for hydroxylation is 1. The van der Waals surface area contributed by atoms with Gasteiger partial charge in [0.05, 0.1) is 18.6 Å². The van der Waals surface area contributed by atoms with Crippen molar-refractivity contribution in [3.8, 4) is 11.3 Å². The quantitative estimate of drug-likeness (QED) is 0.568. The Morgan fingerprint density at radius 3 is 2.60 bits per heavy atom. The van der Waals surface area contributed by atoms with Crippen LogP contribution in [-0.2, 0) is 21.2 Å². The van der Waals surface area contributed by atoms with Gasteiger partial charge < -0.3 is 9.15 Å². The molecule has 1 aliphatic heterocycles. The maximum Gasteiger partial charge on any atom is 0.342 e. The molecule has 0 radical (unpaired) electrons. The summed E-state index contributed by atoms with van der Waals surface area (Å²) in [6, 6.07) is 9.13. The van der Waals surface area contributed by atoms with E-state index in [-0.39, 0.29) is 17.9 Å². The standard InChI is InChI=1S/C22H22FNO5S/c1-3-28-22(25)20-17-12-15-6-4-5-11-24(30(2,26)27)18(15)13-19(17)29-21(20)14-7-9-16(23)10-8-14/h7-10,12-13H,3-6,11H2,1-2H3. The molecule has 0 saturated heterocycles. The third-order valence-electron chi connectivity index (χ3n) is 5.20. The molecule has 0 bridgehead atoms. The van der Waals surface area contributed by atoms with Crippen LogP contribution in [0, 0.1) is 5.82 Å². The maximum absolute atomic E-state index is 13.4. The third-order valence-corrected chi connectivity index (χ3v) is 6.38. The second-order valence-corrected chi connectivity index (χ2v) is 9.21. The van der Waals surface area contributed by atoms with Crippen LogP contribution in [0.3, 0.4) is 0 Å². The van der Waals surface area contributed by atoms with E-state index in [2.05, 4.69) is 0 Å². The fourth-order valence-electron chi connectivity index (χ4n) is 3.86. The number of furan rings is 1. The highest BCUT2D eigenvalue weighted by Crippen LogP contribution is 2.39. The van der Waals surface area contributed by atoms with Crippen LogP contribution in [-0.4, -0.2) is 33.8 Å². The summed E-state index contributed by atoms with van der Waals surface area (Å²) < 4.78 is 50.7. The molecule has 0 N–H and O–H groups in total. The molecular weight excluding hydrogens is 409 g/mol. The Morgan fingerprint density at radius 1 is 1.20 bits per heavy atom. The van der Waals surface area contributed by atoms with Gasteiger partial charge in [-0.15, -0.1) is 0 Å². The lowest BCUT2D eigenvalue weighted by Gasteiger charge is -2.22. The first-order valence-corrected chi connectivity index (χ1v) is 11.6. The predicted octanol–water partition coefficient (Wildman–Crippen LogP) is 4.52. The summed E-state index contributed by atoms with van der Waals surface area (Å²) in [5, 5.41) is 0.557. The molecule has 1 aromatic heterocycles. The second kappa shape index (κ2) is 7.75. The minimum absolute atomic E-state index is 0.196. The van der Waals surface area contributed by atoms with E-state index in [0.29, 0.717) is 35.2 Å². The van der Waals surface area contributed by atoms with E-state index < -0.39 is 21.8 Å². The highest BCUT2D eigenvalue weighted by Gasteiger charge is 2.28. The summed E-state index contributed by atoms with van der Waals surface area (Å²) in [6.07, 6.45) is 3.45. The predicted molar refractivity (Wildman–Crippen MR) is 113 cm³/mol. The van der Waals surface area contributed by atoms with Crippen LogP contribution in [0.25, 0.3) is 22.3 Å². The van der Waals surface area contributed by atoms with Crippen molar-refractivity contribution in [2.75, 3.05) is 23.7 Å². The van der Waals surface area contributed by atoms with Crippen LogP contribution < -0.4 is 4.31 Å². The van der Waals surface area contributed by atoms with Gasteiger partial charge in [-0.05, 0) is 62.1 Å². The molecule has 0 fully saturated rings. The first-order valence-electron chi connectivity index (χ1n) is 9.79. The molecule has 2 heterocycles. The fraction of sp³-hybridized carbons (Fsp3) is 0.318.